The predicted octanol–water partition coefficient (Wildman–Crippen LogP) is -5.90. The van der Waals surface area contributed by atoms with Gasteiger partial charge in [-0.05, 0) is 0 Å². The van der Waals surface area contributed by atoms with E-state index in [0.29, 0.717) is 0 Å². The molecule has 0 fully saturated rings. The molecule has 0 aromatic carbocycles. The SMILES string of the molecule is CC(=O)O.[F-].[K+]. The van der Waals surface area contributed by atoms with Gasteiger partial charge in [0.05, 0.1) is 0 Å². The number of carboxylic acid groups (broad SMARTS) is 1. The summed E-state index contributed by atoms with van der Waals surface area (Å²) in [6.07, 6.45) is 0. The molecule has 4 heteroatoms. The zero-order valence-corrected chi connectivity index (χ0v) is 6.86. The second-order valence-electron chi connectivity index (χ2n) is 0.519. The van der Waals surface area contributed by atoms with Crippen molar-refractivity contribution in [3.63, 3.8) is 0 Å². The molecule has 0 saturated heterocycles. The minimum atomic E-state index is -0.833. The van der Waals surface area contributed by atoms with Gasteiger partial charge >= 0.3 is 51.4 Å². The van der Waals surface area contributed by atoms with E-state index < -0.39 is 5.97 Å². The molecule has 2 nitrogen and oxygen atoms in total. The first-order valence-electron chi connectivity index (χ1n) is 0.928. The monoisotopic (exact) mass is 118 g/mol. The molecule has 0 heterocycles. The average Bonchev–Trinajstić information content (AvgIpc) is 0.811. The van der Waals surface area contributed by atoms with Crippen molar-refractivity contribution in [2.24, 2.45) is 0 Å². The molecule has 0 bridgehead atoms. The Kier molecular flexibility index (Phi) is 24.6. The number of rotatable bonds is 0. The maximum Gasteiger partial charge on any atom is 1.00 e. The summed E-state index contributed by atoms with van der Waals surface area (Å²) in [5, 5.41) is 7.42. The molecule has 0 atom stereocenters. The van der Waals surface area contributed by atoms with Gasteiger partial charge in [-0.3, -0.25) is 4.79 Å². The molecule has 0 unspecified atom stereocenters. The van der Waals surface area contributed by atoms with E-state index in [1.165, 1.54) is 0 Å². The number of halogens is 1. The minimum Gasteiger partial charge on any atom is -1.00 e. The van der Waals surface area contributed by atoms with Gasteiger partial charge in [-0.25, -0.2) is 0 Å². The van der Waals surface area contributed by atoms with Gasteiger partial charge in [-0.15, -0.1) is 0 Å². The van der Waals surface area contributed by atoms with Crippen molar-refractivity contribution in [1.29, 1.82) is 0 Å². The van der Waals surface area contributed by atoms with Gasteiger partial charge in [0.25, 0.3) is 5.97 Å². The largest absolute Gasteiger partial charge is 1.00 e. The van der Waals surface area contributed by atoms with Crippen LogP contribution in [0.1, 0.15) is 6.92 Å². The average molecular weight is 118 g/mol. The summed E-state index contributed by atoms with van der Waals surface area (Å²) in [4.78, 5) is 9.00. The van der Waals surface area contributed by atoms with Crippen molar-refractivity contribution in [3.8, 4) is 0 Å². The third-order valence-corrected chi connectivity index (χ3v) is 0. The fourth-order valence-corrected chi connectivity index (χ4v) is 0. The van der Waals surface area contributed by atoms with E-state index in [1.807, 2.05) is 0 Å². The molecule has 6 heavy (non-hydrogen) atoms. The van der Waals surface area contributed by atoms with Crippen LogP contribution in [-0.2, 0) is 4.79 Å². The Labute approximate surface area is 77.7 Å². The Bertz CT molecular complexity index is 34.5. The molecule has 0 radical (unpaired) electrons. The molecule has 0 amide bonds. The van der Waals surface area contributed by atoms with Gasteiger partial charge in [-0.1, -0.05) is 0 Å². The van der Waals surface area contributed by atoms with Gasteiger partial charge in [-0.2, -0.15) is 0 Å². The summed E-state index contributed by atoms with van der Waals surface area (Å²) < 4.78 is 0. The van der Waals surface area contributed by atoms with Crippen molar-refractivity contribution in [3.05, 3.63) is 0 Å². The predicted molar refractivity (Wildman–Crippen MR) is 13.3 cm³/mol. The van der Waals surface area contributed by atoms with Crippen LogP contribution in [-0.4, -0.2) is 11.1 Å². The first kappa shape index (κ1) is 15.7. The molecule has 0 saturated carbocycles. The first-order chi connectivity index (χ1) is 1.73. The van der Waals surface area contributed by atoms with Crippen molar-refractivity contribution < 1.29 is 66.0 Å². The fourth-order valence-electron chi connectivity index (χ4n) is 0. The second kappa shape index (κ2) is 9.40. The zero-order valence-electron chi connectivity index (χ0n) is 3.73. The third-order valence-electron chi connectivity index (χ3n) is 0. The number of hydrogen-bond acceptors (Lipinski definition) is 1. The smallest absolute Gasteiger partial charge is 1.00 e. The summed E-state index contributed by atoms with van der Waals surface area (Å²) in [6.45, 7) is 1.08. The fraction of sp³-hybridized carbons (Fsp3) is 0.500. The van der Waals surface area contributed by atoms with E-state index in [4.69, 9.17) is 9.90 Å². The summed E-state index contributed by atoms with van der Waals surface area (Å²) in [7, 11) is 0. The number of hydrogen-bond donors (Lipinski definition) is 1. The van der Waals surface area contributed by atoms with Crippen molar-refractivity contribution in [2.75, 3.05) is 0 Å². The minimum absolute atomic E-state index is 0. The molecule has 0 spiro atoms. The molecule has 0 aliphatic carbocycles. The van der Waals surface area contributed by atoms with Crippen LogP contribution < -0.4 is 56.1 Å². The summed E-state index contributed by atoms with van der Waals surface area (Å²) in [6, 6.07) is 0. The van der Waals surface area contributed by atoms with E-state index in [0.717, 1.165) is 6.92 Å². The maximum atomic E-state index is 9.00. The van der Waals surface area contributed by atoms with Crippen LogP contribution in [0.3, 0.4) is 0 Å². The first-order valence-corrected chi connectivity index (χ1v) is 0.928. The third kappa shape index (κ3) is 76.4. The van der Waals surface area contributed by atoms with Crippen LogP contribution in [0, 0.1) is 0 Å². The topological polar surface area (TPSA) is 37.3 Å². The van der Waals surface area contributed by atoms with E-state index in [9.17, 15) is 0 Å². The second-order valence-corrected chi connectivity index (χ2v) is 0.519. The van der Waals surface area contributed by atoms with Gasteiger partial charge in [0.15, 0.2) is 0 Å². The Morgan fingerprint density at radius 3 is 1.67 bits per heavy atom. The zero-order chi connectivity index (χ0) is 3.58. The number of carboxylic acids is 1. The summed E-state index contributed by atoms with van der Waals surface area (Å²) in [5.41, 5.74) is 0. The molecule has 0 aromatic rings. The molecular formula is C2H4FKO2. The quantitative estimate of drug-likeness (QED) is 0.322. The van der Waals surface area contributed by atoms with Crippen LogP contribution in [0.4, 0.5) is 0 Å². The van der Waals surface area contributed by atoms with Crippen molar-refractivity contribution >= 4 is 5.97 Å². The molecule has 0 aliphatic heterocycles. The van der Waals surface area contributed by atoms with E-state index in [2.05, 4.69) is 0 Å². The van der Waals surface area contributed by atoms with Gasteiger partial charge in [0, 0.05) is 6.92 Å². The molecule has 0 aromatic heterocycles. The number of carbonyl (C=O) groups is 1. The van der Waals surface area contributed by atoms with Gasteiger partial charge in [0.1, 0.15) is 0 Å². The standard InChI is InChI=1S/C2H4O2.FH.K/c1-2(3)4;;/h1H3,(H,3,4);1H;/q;;+1/p-1. The van der Waals surface area contributed by atoms with Crippen LogP contribution in [0.5, 0.6) is 0 Å². The summed E-state index contributed by atoms with van der Waals surface area (Å²) >= 11 is 0. The molecular weight excluding hydrogens is 114 g/mol. The molecule has 32 valence electrons. The Hall–Kier alpha value is 1.04. The normalized spacial score (nSPS) is 4.17. The Morgan fingerprint density at radius 1 is 1.67 bits per heavy atom. The molecule has 0 aliphatic rings. The molecule has 1 N–H and O–H groups in total. The van der Waals surface area contributed by atoms with E-state index in [-0.39, 0.29) is 56.1 Å². The number of aliphatic carboxylic acids is 1. The van der Waals surface area contributed by atoms with Crippen LogP contribution in [0.25, 0.3) is 0 Å². The Balaban J connectivity index is -0.0000000450. The van der Waals surface area contributed by atoms with E-state index in [1.54, 1.807) is 0 Å². The summed E-state index contributed by atoms with van der Waals surface area (Å²) in [5.74, 6) is -0.833. The van der Waals surface area contributed by atoms with Crippen LogP contribution >= 0.6 is 0 Å². The maximum absolute atomic E-state index is 9.00. The Morgan fingerprint density at radius 2 is 1.67 bits per heavy atom. The molecule has 0 rings (SSSR count). The van der Waals surface area contributed by atoms with Crippen LogP contribution in [0.15, 0.2) is 0 Å². The van der Waals surface area contributed by atoms with Crippen molar-refractivity contribution in [2.45, 2.75) is 6.92 Å². The van der Waals surface area contributed by atoms with Gasteiger partial charge in [0.2, 0.25) is 0 Å². The van der Waals surface area contributed by atoms with Crippen molar-refractivity contribution in [1.82, 2.24) is 0 Å². The van der Waals surface area contributed by atoms with Crippen LogP contribution in [0.2, 0.25) is 0 Å². The van der Waals surface area contributed by atoms with E-state index >= 15 is 0 Å². The van der Waals surface area contributed by atoms with Gasteiger partial charge < -0.3 is 9.81 Å².